The molecule has 0 unspecified atom stereocenters. The largest absolute Gasteiger partial charge is 0.500 e. The molecular formula is C9H12ClN5O4. The number of nitrogens with zero attached hydrogens (tertiary/aromatic N) is 2. The quantitative estimate of drug-likeness (QED) is 0.275. The number of phenolic OH excluding ortho intramolecular Hbond substituents is 1. The number of methoxy groups -OCH3 is 1. The van der Waals surface area contributed by atoms with Crippen molar-refractivity contribution in [2.75, 3.05) is 7.11 Å². The number of ether oxygens (including phenoxy) is 1. The lowest BCUT2D eigenvalue weighted by Gasteiger charge is -2.04. The number of halogens is 1. The van der Waals surface area contributed by atoms with E-state index < -0.39 is 16.4 Å². The molecule has 0 aliphatic rings. The second kappa shape index (κ2) is 7.01. The Kier molecular flexibility index (Phi) is 6.07. The van der Waals surface area contributed by atoms with Gasteiger partial charge in [-0.15, -0.1) is 12.4 Å². The molecule has 104 valence electrons. The third kappa shape index (κ3) is 4.32. The zero-order valence-electron chi connectivity index (χ0n) is 9.78. The van der Waals surface area contributed by atoms with Gasteiger partial charge in [0.15, 0.2) is 5.75 Å². The number of hydrogen-bond donors (Lipinski definition) is 4. The molecule has 0 heterocycles. The Balaban J connectivity index is 0.00000324. The van der Waals surface area contributed by atoms with Crippen molar-refractivity contribution in [2.24, 2.45) is 10.8 Å². The van der Waals surface area contributed by atoms with Gasteiger partial charge < -0.3 is 15.6 Å². The maximum absolute atomic E-state index is 10.7. The standard InChI is InChI=1S/C9H11N5O4.ClH/c1-18-7-3-5(4-12-13-9(10)11)2-6(8(7)15)14(16)17;/h2-4,15H,1H3,(H4,10,11,13);1H. The molecule has 1 aromatic rings. The maximum Gasteiger partial charge on any atom is 0.315 e. The van der Waals surface area contributed by atoms with E-state index in [0.717, 1.165) is 6.07 Å². The number of rotatable bonds is 4. The first-order valence-corrected chi connectivity index (χ1v) is 4.64. The summed E-state index contributed by atoms with van der Waals surface area (Å²) in [7, 11) is 1.27. The van der Waals surface area contributed by atoms with Gasteiger partial charge in [-0.1, -0.05) is 0 Å². The summed E-state index contributed by atoms with van der Waals surface area (Å²) in [6, 6.07) is 2.47. The number of aromatic hydroxyl groups is 1. The van der Waals surface area contributed by atoms with Gasteiger partial charge >= 0.3 is 5.69 Å². The third-order valence-electron chi connectivity index (χ3n) is 1.89. The van der Waals surface area contributed by atoms with Crippen molar-refractivity contribution in [1.29, 1.82) is 5.41 Å². The highest BCUT2D eigenvalue weighted by atomic mass is 35.5. The van der Waals surface area contributed by atoms with Crippen LogP contribution in [0.15, 0.2) is 17.2 Å². The summed E-state index contributed by atoms with van der Waals surface area (Å²) in [5.41, 5.74) is 6.96. The molecule has 0 aromatic heterocycles. The van der Waals surface area contributed by atoms with E-state index in [1.165, 1.54) is 19.4 Å². The number of benzene rings is 1. The van der Waals surface area contributed by atoms with E-state index in [4.69, 9.17) is 15.9 Å². The average molecular weight is 290 g/mol. The Labute approximate surface area is 114 Å². The summed E-state index contributed by atoms with van der Waals surface area (Å²) in [6.45, 7) is 0. The van der Waals surface area contributed by atoms with Crippen molar-refractivity contribution in [3.63, 3.8) is 0 Å². The molecule has 0 saturated carbocycles. The van der Waals surface area contributed by atoms with Gasteiger partial charge in [0, 0.05) is 11.6 Å². The Morgan fingerprint density at radius 1 is 1.68 bits per heavy atom. The van der Waals surface area contributed by atoms with Crippen LogP contribution in [-0.4, -0.2) is 29.3 Å². The number of hydrazone groups is 1. The molecule has 19 heavy (non-hydrogen) atoms. The van der Waals surface area contributed by atoms with Crippen molar-refractivity contribution in [2.45, 2.75) is 0 Å². The number of guanidine groups is 1. The molecule has 0 aliphatic carbocycles. The first kappa shape index (κ1) is 16.4. The van der Waals surface area contributed by atoms with Crippen LogP contribution in [0.25, 0.3) is 0 Å². The van der Waals surface area contributed by atoms with Gasteiger partial charge in [-0.25, -0.2) is 5.43 Å². The van der Waals surface area contributed by atoms with E-state index in [0.29, 0.717) is 5.56 Å². The molecule has 0 spiro atoms. The molecule has 0 aliphatic heterocycles. The van der Waals surface area contributed by atoms with Crippen molar-refractivity contribution in [3.05, 3.63) is 27.8 Å². The first-order valence-electron chi connectivity index (χ1n) is 4.64. The Morgan fingerprint density at radius 2 is 2.32 bits per heavy atom. The Bertz CT molecular complexity index is 520. The Morgan fingerprint density at radius 3 is 2.79 bits per heavy atom. The maximum atomic E-state index is 10.7. The smallest absolute Gasteiger partial charge is 0.315 e. The summed E-state index contributed by atoms with van der Waals surface area (Å²) in [6.07, 6.45) is 1.20. The predicted molar refractivity (Wildman–Crippen MR) is 71.2 cm³/mol. The SMILES string of the molecule is COc1cc(C=NNC(=N)N)cc([N+](=O)[O-])c1O.Cl. The number of hydrogen-bond acceptors (Lipinski definition) is 6. The molecule has 9 nitrogen and oxygen atoms in total. The van der Waals surface area contributed by atoms with Gasteiger partial charge in [-0.2, -0.15) is 5.10 Å². The van der Waals surface area contributed by atoms with Crippen molar-refractivity contribution >= 4 is 30.3 Å². The fourth-order valence-electron chi connectivity index (χ4n) is 1.16. The zero-order valence-corrected chi connectivity index (χ0v) is 10.6. The number of nitro benzene ring substituents is 1. The lowest BCUT2D eigenvalue weighted by Crippen LogP contribution is -2.25. The van der Waals surface area contributed by atoms with Crippen LogP contribution in [0, 0.1) is 15.5 Å². The molecule has 5 N–H and O–H groups in total. The van der Waals surface area contributed by atoms with E-state index in [-0.39, 0.29) is 24.1 Å². The van der Waals surface area contributed by atoms with E-state index >= 15 is 0 Å². The summed E-state index contributed by atoms with van der Waals surface area (Å²) in [5, 5.41) is 30.6. The second-order valence-electron chi connectivity index (χ2n) is 3.13. The van der Waals surface area contributed by atoms with E-state index in [9.17, 15) is 15.2 Å². The average Bonchev–Trinajstić information content (AvgIpc) is 2.30. The number of nitrogens with one attached hydrogen (secondary N) is 2. The molecule has 0 bridgehead atoms. The van der Waals surface area contributed by atoms with Gasteiger partial charge in [0.2, 0.25) is 11.7 Å². The van der Waals surface area contributed by atoms with Gasteiger partial charge in [-0.05, 0) is 6.07 Å². The van der Waals surface area contributed by atoms with Crippen molar-refractivity contribution in [1.82, 2.24) is 5.43 Å². The molecule has 1 aromatic carbocycles. The first-order chi connectivity index (χ1) is 8.45. The van der Waals surface area contributed by atoms with Crippen LogP contribution in [0.3, 0.4) is 0 Å². The summed E-state index contributed by atoms with van der Waals surface area (Å²) in [5.74, 6) is -0.973. The lowest BCUT2D eigenvalue weighted by atomic mass is 10.2. The van der Waals surface area contributed by atoms with Crippen LogP contribution in [0.1, 0.15) is 5.56 Å². The normalized spacial score (nSPS) is 9.74. The minimum atomic E-state index is -0.742. The monoisotopic (exact) mass is 289 g/mol. The molecule has 0 amide bonds. The Hall–Kier alpha value is -2.55. The van der Waals surface area contributed by atoms with E-state index in [1.807, 2.05) is 0 Å². The highest BCUT2D eigenvalue weighted by Gasteiger charge is 2.19. The van der Waals surface area contributed by atoms with Crippen LogP contribution in [0.2, 0.25) is 0 Å². The van der Waals surface area contributed by atoms with Crippen LogP contribution < -0.4 is 15.9 Å². The van der Waals surface area contributed by atoms with Crippen molar-refractivity contribution < 1.29 is 14.8 Å². The third-order valence-corrected chi connectivity index (χ3v) is 1.89. The van der Waals surface area contributed by atoms with Crippen LogP contribution in [-0.2, 0) is 0 Å². The van der Waals surface area contributed by atoms with Crippen LogP contribution in [0.5, 0.6) is 11.5 Å². The number of phenols is 1. The van der Waals surface area contributed by atoms with Crippen LogP contribution >= 0.6 is 12.4 Å². The zero-order chi connectivity index (χ0) is 13.7. The fourth-order valence-corrected chi connectivity index (χ4v) is 1.16. The lowest BCUT2D eigenvalue weighted by molar-refractivity contribution is -0.386. The molecule has 0 radical (unpaired) electrons. The van der Waals surface area contributed by atoms with Gasteiger partial charge in [0.25, 0.3) is 0 Å². The van der Waals surface area contributed by atoms with E-state index in [1.54, 1.807) is 0 Å². The highest BCUT2D eigenvalue weighted by Crippen LogP contribution is 2.36. The molecule has 0 saturated heterocycles. The summed E-state index contributed by atoms with van der Waals surface area (Å²) in [4.78, 5) is 9.96. The summed E-state index contributed by atoms with van der Waals surface area (Å²) >= 11 is 0. The second-order valence-corrected chi connectivity index (χ2v) is 3.13. The van der Waals surface area contributed by atoms with Crippen LogP contribution in [0.4, 0.5) is 5.69 Å². The number of nitrogens with two attached hydrogens (primary N) is 1. The number of nitro groups is 1. The van der Waals surface area contributed by atoms with Gasteiger partial charge in [0.1, 0.15) is 0 Å². The molecule has 10 heteroatoms. The minimum absolute atomic E-state index is 0. The fraction of sp³-hybridized carbons (Fsp3) is 0.111. The van der Waals surface area contributed by atoms with Gasteiger partial charge in [-0.3, -0.25) is 15.5 Å². The minimum Gasteiger partial charge on any atom is -0.500 e. The molecule has 0 atom stereocenters. The van der Waals surface area contributed by atoms with Crippen molar-refractivity contribution in [3.8, 4) is 11.5 Å². The molecular weight excluding hydrogens is 278 g/mol. The highest BCUT2D eigenvalue weighted by molar-refractivity contribution is 5.85. The van der Waals surface area contributed by atoms with Gasteiger partial charge in [0.05, 0.1) is 18.2 Å². The molecule has 0 fully saturated rings. The topological polar surface area (TPSA) is 147 Å². The van der Waals surface area contributed by atoms with E-state index in [2.05, 4.69) is 10.5 Å². The molecule has 1 rings (SSSR count). The predicted octanol–water partition coefficient (Wildman–Crippen LogP) is 0.548. The summed E-state index contributed by atoms with van der Waals surface area (Å²) < 4.78 is 4.80.